The van der Waals surface area contributed by atoms with E-state index in [1.54, 1.807) is 36.4 Å². The Labute approximate surface area is 189 Å². The molecule has 0 bridgehead atoms. The van der Waals surface area contributed by atoms with Crippen molar-refractivity contribution in [2.24, 2.45) is 0 Å². The first-order chi connectivity index (χ1) is 14.9. The van der Waals surface area contributed by atoms with Crippen LogP contribution in [0.2, 0.25) is 10.0 Å². The molecule has 0 atom stereocenters. The van der Waals surface area contributed by atoms with Crippen molar-refractivity contribution in [3.63, 3.8) is 0 Å². The molecule has 3 aromatic rings. The summed E-state index contributed by atoms with van der Waals surface area (Å²) < 4.78 is 11.3. The molecule has 0 aromatic heterocycles. The molecular formula is C24H17Cl2NO4. The van der Waals surface area contributed by atoms with Crippen molar-refractivity contribution in [1.29, 1.82) is 5.26 Å². The number of carboxylic acids is 1. The molecule has 0 fully saturated rings. The minimum atomic E-state index is -1.03. The van der Waals surface area contributed by atoms with E-state index in [1.807, 2.05) is 18.2 Å². The van der Waals surface area contributed by atoms with Gasteiger partial charge in [0.25, 0.3) is 0 Å². The summed E-state index contributed by atoms with van der Waals surface area (Å²) >= 11 is 12.6. The summed E-state index contributed by atoms with van der Waals surface area (Å²) in [7, 11) is 1.50. The molecule has 0 saturated heterocycles. The van der Waals surface area contributed by atoms with E-state index in [4.69, 9.17) is 37.8 Å². The summed E-state index contributed by atoms with van der Waals surface area (Å²) in [5, 5.41) is 19.5. The number of nitriles is 1. The molecule has 3 aromatic carbocycles. The first-order valence-corrected chi connectivity index (χ1v) is 9.87. The van der Waals surface area contributed by atoms with Gasteiger partial charge in [0.15, 0.2) is 11.5 Å². The van der Waals surface area contributed by atoms with Gasteiger partial charge in [-0.25, -0.2) is 4.79 Å². The summed E-state index contributed by atoms with van der Waals surface area (Å²) in [5.41, 5.74) is 2.51. The smallest absolute Gasteiger partial charge is 0.335 e. The van der Waals surface area contributed by atoms with Crippen LogP contribution in [0.25, 0.3) is 11.6 Å². The SMILES string of the molecule is COc1cc(/C=C(/C#N)c2ccc(C(=O)O)cc2)cc(Cl)c1OCc1ccccc1Cl. The van der Waals surface area contributed by atoms with Crippen LogP contribution in [0.3, 0.4) is 0 Å². The van der Waals surface area contributed by atoms with E-state index in [1.165, 1.54) is 19.2 Å². The van der Waals surface area contributed by atoms with Crippen LogP contribution in [0.5, 0.6) is 11.5 Å². The molecule has 1 N–H and O–H groups in total. The lowest BCUT2D eigenvalue weighted by Crippen LogP contribution is -1.99. The third-order valence-corrected chi connectivity index (χ3v) is 5.11. The second-order valence-electron chi connectivity index (χ2n) is 6.47. The normalized spacial score (nSPS) is 11.0. The molecule has 5 nitrogen and oxygen atoms in total. The van der Waals surface area contributed by atoms with Gasteiger partial charge < -0.3 is 14.6 Å². The highest BCUT2D eigenvalue weighted by molar-refractivity contribution is 6.32. The largest absolute Gasteiger partial charge is 0.493 e. The molecule has 0 radical (unpaired) electrons. The van der Waals surface area contributed by atoms with Gasteiger partial charge in [0, 0.05) is 10.6 Å². The molecule has 31 heavy (non-hydrogen) atoms. The van der Waals surface area contributed by atoms with Crippen molar-refractivity contribution >= 4 is 40.8 Å². The molecular weight excluding hydrogens is 437 g/mol. The minimum Gasteiger partial charge on any atom is -0.493 e. The van der Waals surface area contributed by atoms with Gasteiger partial charge in [-0.05, 0) is 47.5 Å². The lowest BCUT2D eigenvalue weighted by Gasteiger charge is -2.14. The minimum absolute atomic E-state index is 0.144. The first kappa shape index (κ1) is 22.2. The first-order valence-electron chi connectivity index (χ1n) is 9.12. The van der Waals surface area contributed by atoms with Crippen molar-refractivity contribution in [3.05, 3.63) is 93.0 Å². The van der Waals surface area contributed by atoms with Crippen LogP contribution < -0.4 is 9.47 Å². The number of hydrogen-bond donors (Lipinski definition) is 1. The Kier molecular flexibility index (Phi) is 7.19. The molecule has 156 valence electrons. The van der Waals surface area contributed by atoms with E-state index in [9.17, 15) is 10.1 Å². The van der Waals surface area contributed by atoms with E-state index in [-0.39, 0.29) is 12.2 Å². The third kappa shape index (κ3) is 5.37. The van der Waals surface area contributed by atoms with Crippen LogP contribution in [-0.4, -0.2) is 18.2 Å². The summed E-state index contributed by atoms with van der Waals surface area (Å²) in [6.45, 7) is 0.213. The number of ether oxygens (including phenoxy) is 2. The van der Waals surface area contributed by atoms with Crippen LogP contribution in [0.1, 0.15) is 27.0 Å². The average molecular weight is 454 g/mol. The van der Waals surface area contributed by atoms with Gasteiger partial charge in [-0.3, -0.25) is 0 Å². The maximum atomic E-state index is 11.0. The molecule has 0 aliphatic rings. The number of methoxy groups -OCH3 is 1. The highest BCUT2D eigenvalue weighted by Crippen LogP contribution is 2.38. The fourth-order valence-corrected chi connectivity index (χ4v) is 3.33. The predicted molar refractivity (Wildman–Crippen MR) is 121 cm³/mol. The van der Waals surface area contributed by atoms with Gasteiger partial charge in [-0.2, -0.15) is 5.26 Å². The number of nitrogens with zero attached hydrogens (tertiary/aromatic N) is 1. The highest BCUT2D eigenvalue weighted by atomic mass is 35.5. The molecule has 0 heterocycles. The van der Waals surface area contributed by atoms with Crippen LogP contribution in [0, 0.1) is 11.3 Å². The topological polar surface area (TPSA) is 79.5 Å². The number of hydrogen-bond acceptors (Lipinski definition) is 4. The Bertz CT molecular complexity index is 1180. The van der Waals surface area contributed by atoms with E-state index < -0.39 is 5.97 Å². The molecule has 3 rings (SSSR count). The zero-order valence-corrected chi connectivity index (χ0v) is 17.9. The Hall–Kier alpha value is -3.46. The van der Waals surface area contributed by atoms with Crippen molar-refractivity contribution < 1.29 is 19.4 Å². The Balaban J connectivity index is 1.89. The predicted octanol–water partition coefficient (Wildman–Crippen LogP) is 6.34. The lowest BCUT2D eigenvalue weighted by molar-refractivity contribution is 0.0697. The van der Waals surface area contributed by atoms with Crippen molar-refractivity contribution in [2.75, 3.05) is 7.11 Å². The molecule has 0 unspecified atom stereocenters. The van der Waals surface area contributed by atoms with Crippen LogP contribution in [0.4, 0.5) is 0 Å². The maximum absolute atomic E-state index is 11.0. The van der Waals surface area contributed by atoms with E-state index in [2.05, 4.69) is 6.07 Å². The monoisotopic (exact) mass is 453 g/mol. The number of halogens is 2. The molecule has 0 aliphatic heterocycles. The average Bonchev–Trinajstić information content (AvgIpc) is 2.77. The number of allylic oxidation sites excluding steroid dienone is 1. The van der Waals surface area contributed by atoms with Crippen molar-refractivity contribution in [2.45, 2.75) is 6.61 Å². The van der Waals surface area contributed by atoms with Crippen LogP contribution >= 0.6 is 23.2 Å². The van der Waals surface area contributed by atoms with Gasteiger partial charge in [-0.1, -0.05) is 53.5 Å². The van der Waals surface area contributed by atoms with Gasteiger partial charge >= 0.3 is 5.97 Å². The number of rotatable bonds is 7. The molecule has 0 spiro atoms. The van der Waals surface area contributed by atoms with E-state index in [0.717, 1.165) is 5.56 Å². The fraction of sp³-hybridized carbons (Fsp3) is 0.0833. The standard InChI is InChI=1S/C24H17Cl2NO4/c1-30-22-12-15(10-19(13-27)16-6-8-17(9-7-16)24(28)29)11-21(26)23(22)31-14-18-4-2-3-5-20(18)25/h2-12H,14H2,1H3,(H,28,29)/b19-10-. The second kappa shape index (κ2) is 10.0. The van der Waals surface area contributed by atoms with Crippen molar-refractivity contribution in [3.8, 4) is 17.6 Å². The zero-order chi connectivity index (χ0) is 22.4. The third-order valence-electron chi connectivity index (χ3n) is 4.46. The van der Waals surface area contributed by atoms with E-state index >= 15 is 0 Å². The van der Waals surface area contributed by atoms with Gasteiger partial charge in [0.1, 0.15) is 6.61 Å². The van der Waals surface area contributed by atoms with Gasteiger partial charge in [0.2, 0.25) is 0 Å². The summed E-state index contributed by atoms with van der Waals surface area (Å²) in [5.74, 6) is -0.257. The summed E-state index contributed by atoms with van der Waals surface area (Å²) in [6.07, 6.45) is 1.64. The molecule has 0 saturated carbocycles. The van der Waals surface area contributed by atoms with E-state index in [0.29, 0.717) is 38.2 Å². The van der Waals surface area contributed by atoms with Crippen LogP contribution in [-0.2, 0) is 6.61 Å². The quantitative estimate of drug-likeness (QED) is 0.333. The molecule has 0 aliphatic carbocycles. The lowest BCUT2D eigenvalue weighted by atomic mass is 10.0. The Morgan fingerprint density at radius 1 is 1.06 bits per heavy atom. The highest BCUT2D eigenvalue weighted by Gasteiger charge is 2.13. The Morgan fingerprint density at radius 3 is 2.35 bits per heavy atom. The van der Waals surface area contributed by atoms with Gasteiger partial charge in [-0.15, -0.1) is 0 Å². The number of aromatic carboxylic acids is 1. The number of benzene rings is 3. The van der Waals surface area contributed by atoms with Crippen molar-refractivity contribution in [1.82, 2.24) is 0 Å². The zero-order valence-electron chi connectivity index (χ0n) is 16.4. The second-order valence-corrected chi connectivity index (χ2v) is 7.28. The fourth-order valence-electron chi connectivity index (χ4n) is 2.87. The molecule has 7 heteroatoms. The number of carboxylic acid groups (broad SMARTS) is 1. The van der Waals surface area contributed by atoms with Crippen LogP contribution in [0.15, 0.2) is 60.7 Å². The summed E-state index contributed by atoms with van der Waals surface area (Å²) in [4.78, 5) is 11.0. The van der Waals surface area contributed by atoms with Gasteiger partial charge in [0.05, 0.1) is 29.3 Å². The summed E-state index contributed by atoms with van der Waals surface area (Å²) in [6, 6.07) is 18.9. The number of carbonyl (C=O) groups is 1. The molecule has 0 amide bonds. The maximum Gasteiger partial charge on any atom is 0.335 e. The Morgan fingerprint density at radius 2 is 1.74 bits per heavy atom.